The number of methoxy groups -OCH3 is 2. The number of ether oxygens (including phenoxy) is 2. The van der Waals surface area contributed by atoms with Gasteiger partial charge in [-0.25, -0.2) is 5.01 Å². The van der Waals surface area contributed by atoms with Gasteiger partial charge >= 0.3 is 0 Å². The number of hydrazine groups is 1. The number of likely N-dealkylation sites (N-methyl/N-ethyl adjacent to an activating group) is 2. The summed E-state index contributed by atoms with van der Waals surface area (Å²) in [4.78, 5) is 24.7. The molecular weight excluding hydrogens is 494 g/mol. The average molecular weight is 544 g/mol. The van der Waals surface area contributed by atoms with E-state index in [0.717, 1.165) is 29.2 Å². The maximum absolute atomic E-state index is 13.0. The van der Waals surface area contributed by atoms with Crippen LogP contribution < -0.4 is 20.6 Å². The number of unbranched alkanes of at least 4 members (excludes halogenated alkanes) is 1. The zero-order valence-electron chi connectivity index (χ0n) is 24.7. The molecule has 9 heteroatoms. The molecule has 0 aliphatic rings. The van der Waals surface area contributed by atoms with E-state index in [1.54, 1.807) is 30.2 Å². The highest BCUT2D eigenvalue weighted by Gasteiger charge is 2.22. The summed E-state index contributed by atoms with van der Waals surface area (Å²) in [6.45, 7) is 12.6. The number of rotatable bonds is 15. The fourth-order valence-electron chi connectivity index (χ4n) is 3.41. The number of carbonyl (C=O) groups is 2. The van der Waals surface area contributed by atoms with Crippen LogP contribution in [0.2, 0.25) is 0 Å². The smallest absolute Gasteiger partial charge is 0.239 e. The lowest BCUT2D eigenvalue weighted by Crippen LogP contribution is -2.54. The van der Waals surface area contributed by atoms with Crippen molar-refractivity contribution in [3.8, 4) is 11.5 Å². The maximum Gasteiger partial charge on any atom is 0.239 e. The quantitative estimate of drug-likeness (QED) is 0.199. The standard InChI is InChI=1S/C25H37N5O3.C4H10.CH2O/c1-6-15-30(24(26)18-28(2)17-21-9-13-23(33-5)14-10-21)25(31)19-29(3)27-16-20-7-11-22(32-4)12-8-20;1-3-4-2;1-2/h6-14,24,27H,1,15-19,26H2,2-5H3;3-4H2,1-2H3;1H2. The Hall–Kier alpha value is -3.24. The third-order valence-electron chi connectivity index (χ3n) is 5.74. The second-order valence-electron chi connectivity index (χ2n) is 8.99. The van der Waals surface area contributed by atoms with Crippen LogP contribution in [0, 0.1) is 0 Å². The Labute approximate surface area is 235 Å². The molecule has 0 saturated carbocycles. The molecule has 218 valence electrons. The number of carbonyl (C=O) groups excluding carboxylic acids is 2. The minimum Gasteiger partial charge on any atom is -0.497 e. The number of nitrogens with zero attached hydrogens (tertiary/aromatic N) is 3. The largest absolute Gasteiger partial charge is 0.497 e. The molecule has 2 aromatic carbocycles. The molecule has 1 unspecified atom stereocenters. The number of hydrogen-bond acceptors (Lipinski definition) is 8. The first kappa shape index (κ1) is 35.8. The van der Waals surface area contributed by atoms with Gasteiger partial charge in [0.15, 0.2) is 0 Å². The molecule has 39 heavy (non-hydrogen) atoms. The molecular formula is C30H49N5O4. The number of hydrogen-bond donors (Lipinski definition) is 2. The Kier molecular flexibility index (Phi) is 19.9. The summed E-state index contributed by atoms with van der Waals surface area (Å²) >= 11 is 0. The zero-order valence-corrected chi connectivity index (χ0v) is 24.7. The van der Waals surface area contributed by atoms with Crippen LogP contribution in [0.25, 0.3) is 0 Å². The monoisotopic (exact) mass is 543 g/mol. The van der Waals surface area contributed by atoms with E-state index >= 15 is 0 Å². The van der Waals surface area contributed by atoms with Gasteiger partial charge in [-0.1, -0.05) is 57.0 Å². The van der Waals surface area contributed by atoms with Crippen molar-refractivity contribution in [1.82, 2.24) is 20.2 Å². The van der Waals surface area contributed by atoms with E-state index in [2.05, 4.69) is 30.8 Å². The van der Waals surface area contributed by atoms with Gasteiger partial charge in [0.25, 0.3) is 0 Å². The maximum atomic E-state index is 13.0. The third-order valence-corrected chi connectivity index (χ3v) is 5.74. The van der Waals surface area contributed by atoms with Gasteiger partial charge in [0.05, 0.1) is 26.9 Å². The molecule has 0 aliphatic carbocycles. The number of nitrogens with two attached hydrogens (primary N) is 1. The highest BCUT2D eigenvalue weighted by Crippen LogP contribution is 2.13. The first-order valence-electron chi connectivity index (χ1n) is 13.1. The molecule has 0 aliphatic heterocycles. The topological polar surface area (TPSA) is 100 Å². The van der Waals surface area contributed by atoms with Gasteiger partial charge in [0, 0.05) is 33.2 Å². The number of benzene rings is 2. The van der Waals surface area contributed by atoms with Gasteiger partial charge in [0.2, 0.25) is 5.91 Å². The summed E-state index contributed by atoms with van der Waals surface area (Å²) in [5.74, 6) is 1.57. The second-order valence-corrected chi connectivity index (χ2v) is 8.99. The fraction of sp³-hybridized carbons (Fsp3) is 0.467. The van der Waals surface area contributed by atoms with Crippen LogP contribution in [-0.4, -0.2) is 81.6 Å². The summed E-state index contributed by atoms with van der Waals surface area (Å²) in [5, 5.41) is 1.77. The van der Waals surface area contributed by atoms with E-state index < -0.39 is 6.17 Å². The Morgan fingerprint density at radius 1 is 0.949 bits per heavy atom. The summed E-state index contributed by atoms with van der Waals surface area (Å²) in [5.41, 5.74) is 11.9. The molecule has 1 amide bonds. The van der Waals surface area contributed by atoms with E-state index in [0.29, 0.717) is 19.6 Å². The van der Waals surface area contributed by atoms with Crippen LogP contribution in [-0.2, 0) is 22.7 Å². The van der Waals surface area contributed by atoms with Gasteiger partial charge in [-0.3, -0.25) is 15.1 Å². The van der Waals surface area contributed by atoms with E-state index in [4.69, 9.17) is 20.0 Å². The van der Waals surface area contributed by atoms with E-state index in [1.165, 1.54) is 12.8 Å². The lowest BCUT2D eigenvalue weighted by atomic mass is 10.2. The lowest BCUT2D eigenvalue weighted by Gasteiger charge is -2.32. The van der Waals surface area contributed by atoms with Crippen molar-refractivity contribution in [2.45, 2.75) is 45.9 Å². The summed E-state index contributed by atoms with van der Waals surface area (Å²) in [6.07, 6.45) is 3.89. The molecule has 9 nitrogen and oxygen atoms in total. The second kappa shape index (κ2) is 21.7. The van der Waals surface area contributed by atoms with Crippen LogP contribution >= 0.6 is 0 Å². The molecule has 0 fully saturated rings. The molecule has 0 aromatic heterocycles. The molecule has 0 heterocycles. The van der Waals surface area contributed by atoms with E-state index in [9.17, 15) is 4.79 Å². The van der Waals surface area contributed by atoms with Crippen LogP contribution in [0.3, 0.4) is 0 Å². The molecule has 0 saturated heterocycles. The van der Waals surface area contributed by atoms with Crippen LogP contribution in [0.5, 0.6) is 11.5 Å². The Morgan fingerprint density at radius 2 is 1.44 bits per heavy atom. The molecule has 2 rings (SSSR count). The summed E-state index contributed by atoms with van der Waals surface area (Å²) in [6, 6.07) is 15.7. The molecule has 0 bridgehead atoms. The first-order valence-corrected chi connectivity index (χ1v) is 13.1. The van der Waals surface area contributed by atoms with E-state index in [-0.39, 0.29) is 12.5 Å². The van der Waals surface area contributed by atoms with Gasteiger partial charge in [0.1, 0.15) is 18.3 Å². The number of nitrogens with one attached hydrogen (secondary N) is 1. The molecule has 0 spiro atoms. The Balaban J connectivity index is 0.00000220. The van der Waals surface area contributed by atoms with Crippen molar-refractivity contribution in [2.24, 2.45) is 5.73 Å². The lowest BCUT2D eigenvalue weighted by molar-refractivity contribution is -0.134. The number of amides is 1. The predicted octanol–water partition coefficient (Wildman–Crippen LogP) is 3.69. The molecule has 0 radical (unpaired) electrons. The molecule has 2 aromatic rings. The summed E-state index contributed by atoms with van der Waals surface area (Å²) in [7, 11) is 7.12. The van der Waals surface area contributed by atoms with Crippen molar-refractivity contribution >= 4 is 12.7 Å². The van der Waals surface area contributed by atoms with Crippen molar-refractivity contribution in [1.29, 1.82) is 0 Å². The first-order chi connectivity index (χ1) is 18.8. The van der Waals surface area contributed by atoms with Crippen LogP contribution in [0.15, 0.2) is 61.2 Å². The van der Waals surface area contributed by atoms with Gasteiger partial charge in [-0.15, -0.1) is 6.58 Å². The molecule has 3 N–H and O–H groups in total. The molecule has 1 atom stereocenters. The van der Waals surface area contributed by atoms with Crippen LogP contribution in [0.4, 0.5) is 0 Å². The van der Waals surface area contributed by atoms with Gasteiger partial charge < -0.3 is 24.9 Å². The Bertz CT molecular complexity index is 907. The van der Waals surface area contributed by atoms with Gasteiger partial charge in [-0.05, 0) is 42.4 Å². The highest BCUT2D eigenvalue weighted by molar-refractivity contribution is 5.78. The summed E-state index contributed by atoms with van der Waals surface area (Å²) < 4.78 is 10.4. The fourth-order valence-corrected chi connectivity index (χ4v) is 3.41. The van der Waals surface area contributed by atoms with Crippen molar-refractivity contribution < 1.29 is 19.1 Å². The minimum absolute atomic E-state index is 0.0648. The van der Waals surface area contributed by atoms with Gasteiger partial charge in [-0.2, -0.15) is 0 Å². The highest BCUT2D eigenvalue weighted by atomic mass is 16.5. The van der Waals surface area contributed by atoms with E-state index in [1.807, 2.05) is 69.4 Å². The zero-order chi connectivity index (χ0) is 29.6. The third kappa shape index (κ3) is 15.1. The SMILES string of the molecule is C=CCN(C(=O)CN(C)NCc1ccc(OC)cc1)C(N)CN(C)Cc1ccc(OC)cc1.C=O.CCCC. The van der Waals surface area contributed by atoms with Crippen molar-refractivity contribution in [2.75, 3.05) is 47.9 Å². The predicted molar refractivity (Wildman–Crippen MR) is 159 cm³/mol. The normalized spacial score (nSPS) is 11.0. The van der Waals surface area contributed by atoms with Crippen molar-refractivity contribution in [3.05, 3.63) is 72.3 Å². The Morgan fingerprint density at radius 3 is 1.87 bits per heavy atom. The minimum atomic E-state index is -0.450. The average Bonchev–Trinajstić information content (AvgIpc) is 2.96. The van der Waals surface area contributed by atoms with Crippen LogP contribution in [0.1, 0.15) is 37.8 Å². The van der Waals surface area contributed by atoms with Crippen molar-refractivity contribution in [3.63, 3.8) is 0 Å².